The quantitative estimate of drug-likeness (QED) is 0.152. The zero-order valence-corrected chi connectivity index (χ0v) is 21.9. The zero-order chi connectivity index (χ0) is 30.2. The zero-order valence-electron chi connectivity index (χ0n) is 21.2. The van der Waals surface area contributed by atoms with E-state index < -0.39 is 41.6 Å². The number of hydrogen-bond acceptors (Lipinski definition) is 8. The maximum Gasteiger partial charge on any atom is 0.416 e. The summed E-state index contributed by atoms with van der Waals surface area (Å²) in [5, 5.41) is 11.9. The highest BCUT2D eigenvalue weighted by atomic mass is 35.5. The second-order valence-electron chi connectivity index (χ2n) is 9.13. The lowest BCUT2D eigenvalue weighted by Crippen LogP contribution is -2.38. The van der Waals surface area contributed by atoms with Gasteiger partial charge in [0.15, 0.2) is 17.8 Å². The molecule has 4 aromatic rings. The summed E-state index contributed by atoms with van der Waals surface area (Å²) in [5.74, 6) is -1.32. The van der Waals surface area contributed by atoms with Gasteiger partial charge in [-0.15, -0.1) is 5.10 Å². The standard InChI is InChI=1S/C26H18ClF6N5O4/c27-18-4-2-1-3-17(18)21-20(19(13-39)42-35-21)23(40)22-24(37-5-7-41-8-6-37)38(36-34-22)12-14-9-15(25(28,29)30)11-16(10-14)26(31,32)33/h1-4,9-11,13H,5-8,12H2. The highest BCUT2D eigenvalue weighted by Gasteiger charge is 2.38. The van der Waals surface area contributed by atoms with Crippen LogP contribution in [0.2, 0.25) is 5.02 Å². The molecule has 2 aromatic heterocycles. The van der Waals surface area contributed by atoms with Gasteiger partial charge in [-0.25, -0.2) is 4.68 Å². The van der Waals surface area contributed by atoms with Gasteiger partial charge in [0.1, 0.15) is 11.3 Å². The van der Waals surface area contributed by atoms with Crippen molar-refractivity contribution in [1.29, 1.82) is 0 Å². The number of aromatic nitrogens is 4. The van der Waals surface area contributed by atoms with E-state index in [0.717, 1.165) is 4.68 Å². The average molecular weight is 614 g/mol. The van der Waals surface area contributed by atoms with Gasteiger partial charge < -0.3 is 14.2 Å². The summed E-state index contributed by atoms with van der Waals surface area (Å²) in [7, 11) is 0. The van der Waals surface area contributed by atoms with Crippen LogP contribution in [0.5, 0.6) is 0 Å². The SMILES string of the molecule is O=Cc1onc(-c2ccccc2Cl)c1C(=O)c1nnn(Cc2cc(C(F)(F)F)cc(C(F)(F)F)c2)c1N1CCOCC1. The van der Waals surface area contributed by atoms with Gasteiger partial charge in [-0.3, -0.25) is 9.59 Å². The molecule has 0 saturated carbocycles. The van der Waals surface area contributed by atoms with E-state index in [1.165, 1.54) is 12.1 Å². The lowest BCUT2D eigenvalue weighted by Gasteiger charge is -2.29. The number of benzene rings is 2. The number of nitrogens with zero attached hydrogens (tertiary/aromatic N) is 5. The Morgan fingerprint density at radius 1 is 1.00 bits per heavy atom. The van der Waals surface area contributed by atoms with Crippen molar-refractivity contribution in [2.45, 2.75) is 18.9 Å². The number of alkyl halides is 6. The van der Waals surface area contributed by atoms with Gasteiger partial charge in [0.25, 0.3) is 0 Å². The smallest absolute Gasteiger partial charge is 0.378 e. The third-order valence-electron chi connectivity index (χ3n) is 6.40. The molecule has 0 aliphatic carbocycles. The van der Waals surface area contributed by atoms with E-state index in [9.17, 15) is 35.9 Å². The normalized spacial score (nSPS) is 14.3. The molecule has 1 saturated heterocycles. The van der Waals surface area contributed by atoms with Gasteiger partial charge in [0.05, 0.1) is 35.9 Å². The Bertz CT molecular complexity index is 1610. The Balaban J connectivity index is 1.63. The minimum absolute atomic E-state index is 0.00238. The van der Waals surface area contributed by atoms with Crippen molar-refractivity contribution in [2.24, 2.45) is 0 Å². The van der Waals surface area contributed by atoms with Crippen LogP contribution in [-0.2, 0) is 23.6 Å². The first-order chi connectivity index (χ1) is 19.9. The molecule has 0 spiro atoms. The van der Waals surface area contributed by atoms with Gasteiger partial charge in [0, 0.05) is 18.7 Å². The van der Waals surface area contributed by atoms with Crippen LogP contribution in [0, 0.1) is 0 Å². The largest absolute Gasteiger partial charge is 0.416 e. The molecule has 3 heterocycles. The van der Waals surface area contributed by atoms with Crippen molar-refractivity contribution in [3.05, 3.63) is 81.2 Å². The van der Waals surface area contributed by atoms with Gasteiger partial charge >= 0.3 is 12.4 Å². The van der Waals surface area contributed by atoms with Crippen LogP contribution in [0.25, 0.3) is 11.3 Å². The van der Waals surface area contributed by atoms with Crippen LogP contribution < -0.4 is 4.90 Å². The lowest BCUT2D eigenvalue weighted by molar-refractivity contribution is -0.143. The van der Waals surface area contributed by atoms with E-state index in [1.807, 2.05) is 0 Å². The summed E-state index contributed by atoms with van der Waals surface area (Å²) in [4.78, 5) is 27.3. The molecule has 1 aliphatic heterocycles. The van der Waals surface area contributed by atoms with Crippen LogP contribution in [0.1, 0.15) is 43.3 Å². The number of carbonyl (C=O) groups excluding carboxylic acids is 2. The van der Waals surface area contributed by atoms with Gasteiger partial charge in [-0.1, -0.05) is 40.2 Å². The van der Waals surface area contributed by atoms with Crippen LogP contribution in [0.4, 0.5) is 32.2 Å². The molecule has 9 nitrogen and oxygen atoms in total. The Kier molecular flexibility index (Phi) is 7.81. The first-order valence-corrected chi connectivity index (χ1v) is 12.5. The van der Waals surface area contributed by atoms with E-state index in [2.05, 4.69) is 15.5 Å². The molecular weight excluding hydrogens is 596 g/mol. The molecule has 0 amide bonds. The number of aldehydes is 1. The first kappa shape index (κ1) is 29.3. The Labute approximate surface area is 237 Å². The van der Waals surface area contributed by atoms with Gasteiger partial charge in [0.2, 0.25) is 11.5 Å². The maximum absolute atomic E-state index is 13.9. The molecule has 5 rings (SSSR count). The van der Waals surface area contributed by atoms with E-state index in [4.69, 9.17) is 20.9 Å². The fourth-order valence-corrected chi connectivity index (χ4v) is 4.72. The van der Waals surface area contributed by atoms with Crippen molar-refractivity contribution in [3.8, 4) is 11.3 Å². The van der Waals surface area contributed by atoms with E-state index in [0.29, 0.717) is 12.1 Å². The van der Waals surface area contributed by atoms with Crippen molar-refractivity contribution < 1.29 is 45.2 Å². The van der Waals surface area contributed by atoms with Crippen molar-refractivity contribution in [3.63, 3.8) is 0 Å². The molecule has 1 aliphatic rings. The maximum atomic E-state index is 13.9. The average Bonchev–Trinajstić information content (AvgIpc) is 3.57. The lowest BCUT2D eigenvalue weighted by atomic mass is 10.0. The summed E-state index contributed by atoms with van der Waals surface area (Å²) in [5.41, 5.74) is -3.81. The molecule has 220 valence electrons. The van der Waals surface area contributed by atoms with Crippen LogP contribution >= 0.6 is 11.6 Å². The summed E-state index contributed by atoms with van der Waals surface area (Å²) >= 11 is 6.28. The molecule has 1 fully saturated rings. The Morgan fingerprint density at radius 2 is 1.64 bits per heavy atom. The van der Waals surface area contributed by atoms with Crippen LogP contribution in [0.15, 0.2) is 47.0 Å². The number of carbonyl (C=O) groups is 2. The molecule has 16 heteroatoms. The second-order valence-corrected chi connectivity index (χ2v) is 9.54. The fourth-order valence-electron chi connectivity index (χ4n) is 4.49. The number of halogens is 7. The predicted octanol–water partition coefficient (Wildman–Crippen LogP) is 5.55. The van der Waals surface area contributed by atoms with Crippen molar-refractivity contribution in [2.75, 3.05) is 31.2 Å². The Hall–Kier alpha value is -4.24. The number of rotatable bonds is 7. The highest BCUT2D eigenvalue weighted by Crippen LogP contribution is 2.37. The summed E-state index contributed by atoms with van der Waals surface area (Å²) in [6.45, 7) is 0.218. The topological polar surface area (TPSA) is 103 Å². The van der Waals surface area contributed by atoms with Crippen molar-refractivity contribution >= 4 is 29.5 Å². The summed E-state index contributed by atoms with van der Waals surface area (Å²) < 4.78 is 92.3. The molecule has 2 aromatic carbocycles. The minimum atomic E-state index is -5.05. The number of hydrogen-bond donors (Lipinski definition) is 0. The molecular formula is C26H18ClF6N5O4. The van der Waals surface area contributed by atoms with Crippen molar-refractivity contribution in [1.82, 2.24) is 20.2 Å². The third-order valence-corrected chi connectivity index (χ3v) is 6.73. The predicted molar refractivity (Wildman–Crippen MR) is 134 cm³/mol. The van der Waals surface area contributed by atoms with E-state index in [-0.39, 0.29) is 77.6 Å². The number of ketones is 1. The summed E-state index contributed by atoms with van der Waals surface area (Å²) in [6, 6.07) is 7.48. The first-order valence-electron chi connectivity index (χ1n) is 12.2. The highest BCUT2D eigenvalue weighted by molar-refractivity contribution is 6.33. The van der Waals surface area contributed by atoms with E-state index in [1.54, 1.807) is 17.0 Å². The van der Waals surface area contributed by atoms with E-state index >= 15 is 0 Å². The van der Waals surface area contributed by atoms with Crippen LogP contribution in [0.3, 0.4) is 0 Å². The van der Waals surface area contributed by atoms with Gasteiger partial charge in [-0.05, 0) is 29.8 Å². The molecule has 0 unspecified atom stereocenters. The number of anilines is 1. The molecule has 0 atom stereocenters. The minimum Gasteiger partial charge on any atom is -0.378 e. The van der Waals surface area contributed by atoms with Crippen LogP contribution in [-0.4, -0.2) is 58.5 Å². The monoisotopic (exact) mass is 613 g/mol. The fraction of sp³-hybridized carbons (Fsp3) is 0.269. The summed E-state index contributed by atoms with van der Waals surface area (Å²) in [6.07, 6.45) is -9.84. The number of morpholine rings is 1. The van der Waals surface area contributed by atoms with Gasteiger partial charge in [-0.2, -0.15) is 26.3 Å². The molecule has 42 heavy (non-hydrogen) atoms. The second kappa shape index (κ2) is 11.2. The third kappa shape index (κ3) is 5.74. The molecule has 0 radical (unpaired) electrons. The Morgan fingerprint density at radius 3 is 2.24 bits per heavy atom. The number of ether oxygens (including phenoxy) is 1. The molecule has 0 N–H and O–H groups in total. The molecule has 0 bridgehead atoms.